The van der Waals surface area contributed by atoms with Crippen LogP contribution in [0.15, 0.2) is 24.3 Å². The molecule has 1 aliphatic rings. The maximum atomic E-state index is 13.7. The van der Waals surface area contributed by atoms with E-state index in [9.17, 15) is 4.39 Å². The molecule has 0 aromatic heterocycles. The highest BCUT2D eigenvalue weighted by molar-refractivity contribution is 5.17. The van der Waals surface area contributed by atoms with Crippen LogP contribution in [0.1, 0.15) is 38.7 Å². The van der Waals surface area contributed by atoms with E-state index in [-0.39, 0.29) is 5.82 Å². The summed E-state index contributed by atoms with van der Waals surface area (Å²) >= 11 is 0. The second-order valence-electron chi connectivity index (χ2n) is 5.62. The largest absolute Gasteiger partial charge is 0.311 e. The van der Waals surface area contributed by atoms with Crippen LogP contribution in [-0.2, 0) is 6.54 Å². The van der Waals surface area contributed by atoms with Crippen LogP contribution in [0.2, 0.25) is 0 Å². The van der Waals surface area contributed by atoms with Crippen LogP contribution in [0.4, 0.5) is 4.39 Å². The van der Waals surface area contributed by atoms with Crippen LogP contribution in [0.25, 0.3) is 0 Å². The van der Waals surface area contributed by atoms with Gasteiger partial charge in [0.05, 0.1) is 0 Å². The molecular formula is C16H25FN2. The molecule has 1 aromatic rings. The first kappa shape index (κ1) is 14.5. The minimum atomic E-state index is -0.0808. The zero-order chi connectivity index (χ0) is 13.7. The monoisotopic (exact) mass is 264 g/mol. The van der Waals surface area contributed by atoms with Crippen LogP contribution in [0.3, 0.4) is 0 Å². The van der Waals surface area contributed by atoms with E-state index in [1.165, 1.54) is 0 Å². The standard InChI is InChI=1S/C16H25FN2/c1-3-15-9-11-19(10-8-13(2)18-15)12-14-6-4-5-7-16(14)17/h4-7,13,15,18H,3,8-12H2,1-2H3. The van der Waals surface area contributed by atoms with Crippen molar-refractivity contribution >= 4 is 0 Å². The highest BCUT2D eigenvalue weighted by atomic mass is 19.1. The third-order valence-corrected chi connectivity index (χ3v) is 4.04. The number of hydrogen-bond donors (Lipinski definition) is 1. The smallest absolute Gasteiger partial charge is 0.127 e. The lowest BCUT2D eigenvalue weighted by atomic mass is 10.0. The SMILES string of the molecule is CCC1CCN(Cc2ccccc2F)CCC(C)N1. The fourth-order valence-corrected chi connectivity index (χ4v) is 2.74. The molecule has 0 saturated carbocycles. The third kappa shape index (κ3) is 4.29. The molecule has 2 rings (SSSR count). The fourth-order valence-electron chi connectivity index (χ4n) is 2.74. The maximum absolute atomic E-state index is 13.7. The Labute approximate surface area is 116 Å². The average molecular weight is 264 g/mol. The van der Waals surface area contributed by atoms with Gasteiger partial charge in [0.2, 0.25) is 0 Å². The van der Waals surface area contributed by atoms with Crippen molar-refractivity contribution < 1.29 is 4.39 Å². The first-order valence-electron chi connectivity index (χ1n) is 7.41. The van der Waals surface area contributed by atoms with Gasteiger partial charge in [-0.25, -0.2) is 4.39 Å². The molecule has 2 unspecified atom stereocenters. The number of nitrogens with zero attached hydrogens (tertiary/aromatic N) is 1. The van der Waals surface area contributed by atoms with Crippen LogP contribution in [0.5, 0.6) is 0 Å². The second-order valence-corrected chi connectivity index (χ2v) is 5.62. The Bertz CT molecular complexity index is 394. The van der Waals surface area contributed by atoms with Crippen molar-refractivity contribution in [2.75, 3.05) is 13.1 Å². The summed E-state index contributed by atoms with van der Waals surface area (Å²) < 4.78 is 13.7. The van der Waals surface area contributed by atoms with Crippen molar-refractivity contribution in [3.63, 3.8) is 0 Å². The molecule has 2 nitrogen and oxygen atoms in total. The van der Waals surface area contributed by atoms with Gasteiger partial charge in [-0.15, -0.1) is 0 Å². The Morgan fingerprint density at radius 1 is 1.26 bits per heavy atom. The summed E-state index contributed by atoms with van der Waals surface area (Å²) in [7, 11) is 0. The molecule has 19 heavy (non-hydrogen) atoms. The van der Waals surface area contributed by atoms with Crippen LogP contribution in [-0.4, -0.2) is 30.1 Å². The van der Waals surface area contributed by atoms with Gasteiger partial charge in [-0.3, -0.25) is 4.90 Å². The fraction of sp³-hybridized carbons (Fsp3) is 0.625. The molecule has 106 valence electrons. The second kappa shape index (κ2) is 7.01. The van der Waals surface area contributed by atoms with Gasteiger partial charge in [-0.1, -0.05) is 25.1 Å². The quantitative estimate of drug-likeness (QED) is 0.902. The molecule has 1 saturated heterocycles. The number of halogens is 1. The molecule has 1 aromatic carbocycles. The molecule has 2 atom stereocenters. The van der Waals surface area contributed by atoms with Gasteiger partial charge in [0, 0.05) is 24.2 Å². The zero-order valence-electron chi connectivity index (χ0n) is 12.0. The first-order chi connectivity index (χ1) is 9.19. The van der Waals surface area contributed by atoms with Gasteiger partial charge in [0.1, 0.15) is 5.82 Å². The summed E-state index contributed by atoms with van der Waals surface area (Å²) in [6.45, 7) is 7.30. The molecule has 0 spiro atoms. The van der Waals surface area contributed by atoms with Crippen molar-refractivity contribution in [3.05, 3.63) is 35.6 Å². The van der Waals surface area contributed by atoms with Crippen molar-refractivity contribution in [2.45, 2.75) is 51.7 Å². The Morgan fingerprint density at radius 2 is 2.00 bits per heavy atom. The van der Waals surface area contributed by atoms with Gasteiger partial charge in [0.25, 0.3) is 0 Å². The van der Waals surface area contributed by atoms with Crippen LogP contribution < -0.4 is 5.32 Å². The average Bonchev–Trinajstić information content (AvgIpc) is 2.40. The number of rotatable bonds is 3. The molecule has 0 aliphatic carbocycles. The van der Waals surface area contributed by atoms with Crippen LogP contribution >= 0.6 is 0 Å². The van der Waals surface area contributed by atoms with Crippen molar-refractivity contribution in [3.8, 4) is 0 Å². The lowest BCUT2D eigenvalue weighted by Crippen LogP contribution is -2.43. The molecular weight excluding hydrogens is 239 g/mol. The summed E-state index contributed by atoms with van der Waals surface area (Å²) in [5.41, 5.74) is 0.816. The Kier molecular flexibility index (Phi) is 5.34. The molecule has 1 aliphatic heterocycles. The highest BCUT2D eigenvalue weighted by Gasteiger charge is 2.18. The maximum Gasteiger partial charge on any atom is 0.127 e. The lowest BCUT2D eigenvalue weighted by Gasteiger charge is -2.32. The summed E-state index contributed by atoms with van der Waals surface area (Å²) in [6.07, 6.45) is 3.44. The molecule has 0 radical (unpaired) electrons. The van der Waals surface area contributed by atoms with E-state index in [2.05, 4.69) is 24.1 Å². The summed E-state index contributed by atoms with van der Waals surface area (Å²) in [5.74, 6) is -0.0808. The van der Waals surface area contributed by atoms with E-state index in [0.717, 1.165) is 44.5 Å². The van der Waals surface area contributed by atoms with E-state index >= 15 is 0 Å². The van der Waals surface area contributed by atoms with Gasteiger partial charge in [-0.05, 0) is 45.3 Å². The first-order valence-corrected chi connectivity index (χ1v) is 7.41. The Morgan fingerprint density at radius 3 is 2.74 bits per heavy atom. The lowest BCUT2D eigenvalue weighted by molar-refractivity contribution is 0.204. The van der Waals surface area contributed by atoms with E-state index in [4.69, 9.17) is 0 Å². The van der Waals surface area contributed by atoms with Gasteiger partial charge >= 0.3 is 0 Å². The number of hydrogen-bond acceptors (Lipinski definition) is 2. The molecule has 1 heterocycles. The summed E-state index contributed by atoms with van der Waals surface area (Å²) in [6, 6.07) is 8.27. The van der Waals surface area contributed by atoms with Gasteiger partial charge < -0.3 is 5.32 Å². The molecule has 1 N–H and O–H groups in total. The van der Waals surface area contributed by atoms with Crippen molar-refractivity contribution in [2.24, 2.45) is 0 Å². The van der Waals surface area contributed by atoms with Crippen LogP contribution in [0, 0.1) is 5.82 Å². The van der Waals surface area contributed by atoms with E-state index < -0.39 is 0 Å². The Hall–Kier alpha value is -0.930. The topological polar surface area (TPSA) is 15.3 Å². The molecule has 3 heteroatoms. The van der Waals surface area contributed by atoms with E-state index in [1.54, 1.807) is 12.1 Å². The molecule has 0 bridgehead atoms. The van der Waals surface area contributed by atoms with Gasteiger partial charge in [0.15, 0.2) is 0 Å². The third-order valence-electron chi connectivity index (χ3n) is 4.04. The van der Waals surface area contributed by atoms with E-state index in [0.29, 0.717) is 12.1 Å². The molecule has 0 amide bonds. The van der Waals surface area contributed by atoms with Crippen molar-refractivity contribution in [1.82, 2.24) is 10.2 Å². The predicted molar refractivity (Wildman–Crippen MR) is 77.6 cm³/mol. The number of benzene rings is 1. The normalized spacial score (nSPS) is 25.8. The minimum absolute atomic E-state index is 0.0808. The summed E-state index contributed by atoms with van der Waals surface area (Å²) in [4.78, 5) is 2.39. The molecule has 1 fully saturated rings. The predicted octanol–water partition coefficient (Wildman–Crippen LogP) is 3.18. The highest BCUT2D eigenvalue weighted by Crippen LogP contribution is 2.14. The minimum Gasteiger partial charge on any atom is -0.311 e. The van der Waals surface area contributed by atoms with Gasteiger partial charge in [-0.2, -0.15) is 0 Å². The van der Waals surface area contributed by atoms with Crippen molar-refractivity contribution in [1.29, 1.82) is 0 Å². The zero-order valence-corrected chi connectivity index (χ0v) is 12.0. The number of nitrogens with one attached hydrogen (secondary N) is 1. The van der Waals surface area contributed by atoms with E-state index in [1.807, 2.05) is 12.1 Å². The Balaban J connectivity index is 1.97. The summed E-state index contributed by atoms with van der Waals surface area (Å²) in [5, 5.41) is 3.66.